The summed E-state index contributed by atoms with van der Waals surface area (Å²) in [6.07, 6.45) is 4.83. The van der Waals surface area contributed by atoms with Crippen LogP contribution in [0.3, 0.4) is 0 Å². The maximum atomic E-state index is 2.47. The first-order chi connectivity index (χ1) is 8.58. The fourth-order valence-corrected chi connectivity index (χ4v) is 3.02. The molecule has 2 heteroatoms. The second-order valence-electron chi connectivity index (χ2n) is 5.91. The molecule has 0 unspecified atom stereocenters. The normalized spacial score (nSPS) is 23.6. The monoisotopic (exact) mass is 242 g/mol. The van der Waals surface area contributed by atoms with Crippen LogP contribution in [0, 0.1) is 13.8 Å². The van der Waals surface area contributed by atoms with Gasteiger partial charge in [-0.25, -0.2) is 0 Å². The Labute approximate surface area is 109 Å². The number of nitrogens with zero attached hydrogens (tertiary/aromatic N) is 2. The highest BCUT2D eigenvalue weighted by atomic mass is 15.1. The van der Waals surface area contributed by atoms with E-state index >= 15 is 0 Å². The Bertz CT molecular complexity index is 574. The molecule has 2 aromatic rings. The van der Waals surface area contributed by atoms with Crippen LogP contribution < -0.4 is 0 Å². The standard InChI is InChI=1S/C16H22N2/c1-11-5-6-16-15(12(11)2)7-8-18(16)14-9-13(10-14)17(3)4/h5-8,13-14H,9-10H2,1-4H3. The first kappa shape index (κ1) is 11.8. The third-order valence-electron chi connectivity index (χ3n) is 4.65. The molecule has 1 saturated carbocycles. The molecule has 18 heavy (non-hydrogen) atoms. The average Bonchev–Trinajstić information content (AvgIpc) is 2.66. The lowest BCUT2D eigenvalue weighted by Gasteiger charge is -2.40. The highest BCUT2D eigenvalue weighted by molar-refractivity contribution is 5.84. The zero-order chi connectivity index (χ0) is 12.9. The number of aryl methyl sites for hydroxylation is 2. The first-order valence-corrected chi connectivity index (χ1v) is 6.81. The van der Waals surface area contributed by atoms with Crippen molar-refractivity contribution in [2.24, 2.45) is 0 Å². The molecule has 0 aliphatic heterocycles. The number of hydrogen-bond acceptors (Lipinski definition) is 1. The predicted octanol–water partition coefficient (Wildman–Crippen LogP) is 3.52. The van der Waals surface area contributed by atoms with Crippen LogP contribution >= 0.6 is 0 Å². The minimum Gasteiger partial charge on any atom is -0.344 e. The number of hydrogen-bond donors (Lipinski definition) is 0. The van der Waals surface area contributed by atoms with Gasteiger partial charge in [0.2, 0.25) is 0 Å². The fraction of sp³-hybridized carbons (Fsp3) is 0.500. The molecule has 0 saturated heterocycles. The number of benzene rings is 1. The predicted molar refractivity (Wildman–Crippen MR) is 77.2 cm³/mol. The van der Waals surface area contributed by atoms with Crippen molar-refractivity contribution < 1.29 is 0 Å². The first-order valence-electron chi connectivity index (χ1n) is 6.81. The van der Waals surface area contributed by atoms with Gasteiger partial charge in [0.1, 0.15) is 0 Å². The molecular weight excluding hydrogens is 220 g/mol. The topological polar surface area (TPSA) is 8.17 Å². The van der Waals surface area contributed by atoms with E-state index in [0.29, 0.717) is 6.04 Å². The van der Waals surface area contributed by atoms with Crippen LogP contribution in [0.5, 0.6) is 0 Å². The summed E-state index contributed by atoms with van der Waals surface area (Å²) in [4.78, 5) is 2.34. The molecule has 1 fully saturated rings. The zero-order valence-electron chi connectivity index (χ0n) is 11.8. The molecule has 1 aromatic heterocycles. The van der Waals surface area contributed by atoms with Crippen LogP contribution in [-0.2, 0) is 0 Å². The van der Waals surface area contributed by atoms with Crippen LogP contribution in [0.4, 0.5) is 0 Å². The van der Waals surface area contributed by atoms with E-state index in [1.54, 1.807) is 0 Å². The maximum Gasteiger partial charge on any atom is 0.0485 e. The Morgan fingerprint density at radius 1 is 1.11 bits per heavy atom. The Hall–Kier alpha value is -1.28. The Balaban J connectivity index is 1.93. The quantitative estimate of drug-likeness (QED) is 0.782. The van der Waals surface area contributed by atoms with Gasteiger partial charge in [-0.2, -0.15) is 0 Å². The van der Waals surface area contributed by atoms with Gasteiger partial charge in [0, 0.05) is 29.2 Å². The minimum absolute atomic E-state index is 0.692. The van der Waals surface area contributed by atoms with Crippen molar-refractivity contribution >= 4 is 10.9 Å². The van der Waals surface area contributed by atoms with Crippen LogP contribution in [0.1, 0.15) is 30.0 Å². The van der Waals surface area contributed by atoms with E-state index in [4.69, 9.17) is 0 Å². The largest absolute Gasteiger partial charge is 0.344 e. The number of rotatable bonds is 2. The zero-order valence-corrected chi connectivity index (χ0v) is 11.8. The molecular formula is C16H22N2. The molecule has 2 nitrogen and oxygen atoms in total. The van der Waals surface area contributed by atoms with Crippen molar-refractivity contribution in [3.8, 4) is 0 Å². The number of fused-ring (bicyclic) bond motifs is 1. The van der Waals surface area contributed by atoms with Crippen molar-refractivity contribution in [2.75, 3.05) is 14.1 Å². The fourth-order valence-electron chi connectivity index (χ4n) is 3.02. The van der Waals surface area contributed by atoms with Gasteiger partial charge in [-0.3, -0.25) is 0 Å². The van der Waals surface area contributed by atoms with E-state index in [9.17, 15) is 0 Å². The highest BCUT2D eigenvalue weighted by Crippen LogP contribution is 2.37. The van der Waals surface area contributed by atoms with E-state index in [-0.39, 0.29) is 0 Å². The Morgan fingerprint density at radius 3 is 2.50 bits per heavy atom. The summed E-state index contributed by atoms with van der Waals surface area (Å²) in [5.41, 5.74) is 4.22. The highest BCUT2D eigenvalue weighted by Gasteiger charge is 2.32. The second kappa shape index (κ2) is 4.13. The minimum atomic E-state index is 0.692. The van der Waals surface area contributed by atoms with E-state index in [0.717, 1.165) is 6.04 Å². The Morgan fingerprint density at radius 2 is 1.83 bits per heavy atom. The van der Waals surface area contributed by atoms with Gasteiger partial charge in [0.05, 0.1) is 0 Å². The molecule has 96 valence electrons. The molecule has 1 aliphatic carbocycles. The lowest BCUT2D eigenvalue weighted by molar-refractivity contribution is 0.132. The third kappa shape index (κ3) is 1.67. The van der Waals surface area contributed by atoms with Crippen molar-refractivity contribution in [3.05, 3.63) is 35.5 Å². The number of aromatic nitrogens is 1. The van der Waals surface area contributed by atoms with Gasteiger partial charge in [0.25, 0.3) is 0 Å². The average molecular weight is 242 g/mol. The van der Waals surface area contributed by atoms with Crippen molar-refractivity contribution in [3.63, 3.8) is 0 Å². The summed E-state index contributed by atoms with van der Waals surface area (Å²) in [6, 6.07) is 8.26. The molecule has 1 aromatic carbocycles. The van der Waals surface area contributed by atoms with E-state index < -0.39 is 0 Å². The van der Waals surface area contributed by atoms with E-state index in [1.807, 2.05) is 0 Å². The summed E-state index contributed by atoms with van der Waals surface area (Å²) < 4.78 is 2.47. The third-order valence-corrected chi connectivity index (χ3v) is 4.65. The molecule has 3 rings (SSSR count). The van der Waals surface area contributed by atoms with Gasteiger partial charge in [-0.05, 0) is 64.0 Å². The summed E-state index contributed by atoms with van der Waals surface area (Å²) in [6.45, 7) is 4.42. The molecule has 0 bridgehead atoms. The van der Waals surface area contributed by atoms with Gasteiger partial charge in [-0.15, -0.1) is 0 Å². The summed E-state index contributed by atoms with van der Waals surface area (Å²) in [7, 11) is 4.37. The van der Waals surface area contributed by atoms with Crippen molar-refractivity contribution in [1.82, 2.24) is 9.47 Å². The molecule has 0 spiro atoms. The summed E-state index contributed by atoms with van der Waals surface area (Å²) >= 11 is 0. The molecule has 1 aliphatic rings. The smallest absolute Gasteiger partial charge is 0.0485 e. The van der Waals surface area contributed by atoms with Crippen molar-refractivity contribution in [2.45, 2.75) is 38.8 Å². The van der Waals surface area contributed by atoms with Crippen LogP contribution in [0.25, 0.3) is 10.9 Å². The van der Waals surface area contributed by atoms with Gasteiger partial charge < -0.3 is 9.47 Å². The second-order valence-corrected chi connectivity index (χ2v) is 5.91. The Kier molecular flexibility index (Phi) is 2.70. The molecule has 1 heterocycles. The van der Waals surface area contributed by atoms with Crippen LogP contribution in [-0.4, -0.2) is 29.6 Å². The maximum absolute atomic E-state index is 2.47. The summed E-state index contributed by atoms with van der Waals surface area (Å²) in [5, 5.41) is 1.42. The SMILES string of the molecule is Cc1ccc2c(ccn2C2CC(N(C)C)C2)c1C. The lowest BCUT2D eigenvalue weighted by atomic mass is 9.85. The van der Waals surface area contributed by atoms with Crippen molar-refractivity contribution in [1.29, 1.82) is 0 Å². The molecule has 0 N–H and O–H groups in total. The summed E-state index contributed by atoms with van der Waals surface area (Å²) in [5.74, 6) is 0. The molecule has 0 amide bonds. The van der Waals surface area contributed by atoms with Crippen LogP contribution in [0.2, 0.25) is 0 Å². The van der Waals surface area contributed by atoms with E-state index in [1.165, 1.54) is 34.9 Å². The lowest BCUT2D eigenvalue weighted by Crippen LogP contribution is -2.41. The van der Waals surface area contributed by atoms with Gasteiger partial charge in [-0.1, -0.05) is 6.07 Å². The van der Waals surface area contributed by atoms with Gasteiger partial charge in [0.15, 0.2) is 0 Å². The van der Waals surface area contributed by atoms with E-state index in [2.05, 4.69) is 61.8 Å². The van der Waals surface area contributed by atoms with Gasteiger partial charge >= 0.3 is 0 Å². The molecule has 0 atom stereocenters. The van der Waals surface area contributed by atoms with Crippen LogP contribution in [0.15, 0.2) is 24.4 Å². The molecule has 0 radical (unpaired) electrons.